The fourth-order valence-corrected chi connectivity index (χ4v) is 4.68. The average molecular weight is 359 g/mol. The largest absolute Gasteiger partial charge is 0.374 e. The van der Waals surface area contributed by atoms with Crippen LogP contribution in [0.2, 0.25) is 0 Å². The molecule has 25 heavy (non-hydrogen) atoms. The Morgan fingerprint density at radius 3 is 3.08 bits per heavy atom. The van der Waals surface area contributed by atoms with Gasteiger partial charge in [-0.1, -0.05) is 6.42 Å². The van der Waals surface area contributed by atoms with Crippen molar-refractivity contribution in [1.82, 2.24) is 14.9 Å². The first kappa shape index (κ1) is 17.1. The van der Waals surface area contributed by atoms with Crippen molar-refractivity contribution in [3.05, 3.63) is 46.7 Å². The van der Waals surface area contributed by atoms with Gasteiger partial charge < -0.3 is 9.47 Å². The van der Waals surface area contributed by atoms with Crippen LogP contribution in [-0.4, -0.2) is 46.8 Å². The van der Waals surface area contributed by atoms with Crippen LogP contribution < -0.4 is 0 Å². The maximum Gasteiger partial charge on any atom is 0.118 e. The molecule has 5 nitrogen and oxygen atoms in total. The van der Waals surface area contributed by atoms with Gasteiger partial charge in [0.15, 0.2) is 0 Å². The summed E-state index contributed by atoms with van der Waals surface area (Å²) in [6, 6.07) is 4.21. The Balaban J connectivity index is 1.35. The fraction of sp³-hybridized carbons (Fsp3) is 0.579. The maximum absolute atomic E-state index is 6.35. The molecule has 0 amide bonds. The highest BCUT2D eigenvalue weighted by Gasteiger charge is 2.46. The van der Waals surface area contributed by atoms with Crippen LogP contribution in [0.1, 0.15) is 29.8 Å². The zero-order valence-corrected chi connectivity index (χ0v) is 15.3. The molecule has 6 heteroatoms. The normalized spacial score (nSPS) is 27.1. The van der Waals surface area contributed by atoms with Gasteiger partial charge in [-0.2, -0.15) is 0 Å². The minimum absolute atomic E-state index is 0.0336. The van der Waals surface area contributed by atoms with Crippen LogP contribution in [0, 0.1) is 5.92 Å². The van der Waals surface area contributed by atoms with E-state index in [0.29, 0.717) is 12.5 Å². The molecule has 2 aliphatic rings. The van der Waals surface area contributed by atoms with Crippen LogP contribution in [0.15, 0.2) is 36.1 Å². The van der Waals surface area contributed by atoms with E-state index in [4.69, 9.17) is 9.47 Å². The predicted molar refractivity (Wildman–Crippen MR) is 97.3 cm³/mol. The Bertz CT molecular complexity index is 652. The number of nitrogens with zero attached hydrogens (tertiary/aromatic N) is 3. The van der Waals surface area contributed by atoms with Gasteiger partial charge in [0.1, 0.15) is 5.01 Å². The Hall–Kier alpha value is -1.34. The van der Waals surface area contributed by atoms with E-state index in [1.165, 1.54) is 18.4 Å². The van der Waals surface area contributed by atoms with Crippen molar-refractivity contribution in [3.8, 4) is 0 Å². The third-order valence-electron chi connectivity index (χ3n) is 5.37. The Morgan fingerprint density at radius 2 is 2.24 bits per heavy atom. The summed E-state index contributed by atoms with van der Waals surface area (Å²) >= 11 is 1.65. The van der Waals surface area contributed by atoms with Gasteiger partial charge in [-0.15, -0.1) is 11.3 Å². The maximum atomic E-state index is 6.35. The van der Waals surface area contributed by atoms with Crippen molar-refractivity contribution in [2.45, 2.75) is 38.0 Å². The number of aromatic nitrogens is 2. The molecule has 0 radical (unpaired) electrons. The van der Waals surface area contributed by atoms with Crippen LogP contribution in [-0.2, 0) is 22.6 Å². The van der Waals surface area contributed by atoms with Crippen LogP contribution in [0.3, 0.4) is 0 Å². The first-order chi connectivity index (χ1) is 12.3. The van der Waals surface area contributed by atoms with Crippen LogP contribution in [0.4, 0.5) is 0 Å². The minimum Gasteiger partial charge on any atom is -0.374 e. The topological polar surface area (TPSA) is 47.5 Å². The van der Waals surface area contributed by atoms with Crippen LogP contribution in [0.5, 0.6) is 0 Å². The third kappa shape index (κ3) is 4.08. The molecule has 0 aromatic carbocycles. The van der Waals surface area contributed by atoms with E-state index < -0.39 is 0 Å². The Kier molecular flexibility index (Phi) is 5.41. The number of pyridine rings is 1. The van der Waals surface area contributed by atoms with E-state index in [9.17, 15) is 0 Å². The monoisotopic (exact) mass is 359 g/mol. The van der Waals surface area contributed by atoms with Gasteiger partial charge in [0.25, 0.3) is 0 Å². The van der Waals surface area contributed by atoms with Crippen LogP contribution >= 0.6 is 11.3 Å². The number of ether oxygens (including phenoxy) is 2. The van der Waals surface area contributed by atoms with Gasteiger partial charge in [0.2, 0.25) is 0 Å². The first-order valence-electron chi connectivity index (χ1n) is 9.05. The summed E-state index contributed by atoms with van der Waals surface area (Å²) in [4.78, 5) is 10.9. The molecule has 0 N–H and O–H groups in total. The van der Waals surface area contributed by atoms with Crippen molar-refractivity contribution in [2.75, 3.05) is 26.3 Å². The van der Waals surface area contributed by atoms with Gasteiger partial charge >= 0.3 is 0 Å². The van der Waals surface area contributed by atoms with Crippen LogP contribution in [0.25, 0.3) is 0 Å². The second-order valence-corrected chi connectivity index (χ2v) is 7.99. The standard InChI is InChI=1S/C19H25N3O2S/c1-2-17(13-23-14-18-21-8-11-25-18)19(5-1)15-22(9-10-24-19)12-16-3-6-20-7-4-16/h3-4,6-8,11,17H,1-2,5,9-10,12-15H2/t17-,19+/m0/s1. The van der Waals surface area contributed by atoms with Crippen molar-refractivity contribution < 1.29 is 9.47 Å². The molecule has 0 unspecified atom stereocenters. The highest BCUT2D eigenvalue weighted by Crippen LogP contribution is 2.41. The van der Waals surface area contributed by atoms with E-state index in [1.807, 2.05) is 24.0 Å². The fourth-order valence-electron chi connectivity index (χ4n) is 4.12. The van der Waals surface area contributed by atoms with Gasteiger partial charge in [-0.3, -0.25) is 9.88 Å². The lowest BCUT2D eigenvalue weighted by Gasteiger charge is -2.44. The first-order valence-corrected chi connectivity index (χ1v) is 9.93. The molecule has 134 valence electrons. The Labute approximate surface area is 153 Å². The lowest BCUT2D eigenvalue weighted by atomic mass is 9.89. The summed E-state index contributed by atoms with van der Waals surface area (Å²) in [5, 5.41) is 3.05. The van der Waals surface area contributed by atoms with E-state index in [1.54, 1.807) is 11.3 Å². The van der Waals surface area contributed by atoms with E-state index in [-0.39, 0.29) is 5.60 Å². The minimum atomic E-state index is -0.0336. The summed E-state index contributed by atoms with van der Waals surface area (Å²) in [5.41, 5.74) is 1.29. The van der Waals surface area contributed by atoms with Crippen molar-refractivity contribution in [3.63, 3.8) is 0 Å². The second-order valence-electron chi connectivity index (χ2n) is 7.01. The van der Waals surface area contributed by atoms with Crippen molar-refractivity contribution in [1.29, 1.82) is 0 Å². The second kappa shape index (κ2) is 7.91. The SMILES string of the molecule is c1cc(CN2CCO[C@]3(CCC[C@H]3COCc3nccs3)C2)ccn1. The van der Waals surface area contributed by atoms with Gasteiger partial charge in [-0.25, -0.2) is 4.98 Å². The molecule has 1 aliphatic carbocycles. The number of hydrogen-bond acceptors (Lipinski definition) is 6. The number of thiazole rings is 1. The summed E-state index contributed by atoms with van der Waals surface area (Å²) in [6.45, 7) is 5.17. The molecule has 1 aliphatic heterocycles. The van der Waals surface area contributed by atoms with Gasteiger partial charge in [-0.05, 0) is 30.5 Å². The summed E-state index contributed by atoms with van der Waals surface area (Å²) in [7, 11) is 0. The molecular formula is C19H25N3O2S. The third-order valence-corrected chi connectivity index (χ3v) is 6.12. The average Bonchev–Trinajstić information content (AvgIpc) is 3.27. The molecule has 3 heterocycles. The number of rotatable bonds is 6. The van der Waals surface area contributed by atoms with Gasteiger partial charge in [0, 0.05) is 49.5 Å². The lowest BCUT2D eigenvalue weighted by molar-refractivity contribution is -0.144. The highest BCUT2D eigenvalue weighted by molar-refractivity contribution is 7.09. The van der Waals surface area contributed by atoms with E-state index >= 15 is 0 Å². The highest BCUT2D eigenvalue weighted by atomic mass is 32.1. The van der Waals surface area contributed by atoms with E-state index in [0.717, 1.165) is 44.3 Å². The summed E-state index contributed by atoms with van der Waals surface area (Å²) < 4.78 is 12.3. The molecule has 1 saturated heterocycles. The molecule has 2 aromatic heterocycles. The molecule has 2 fully saturated rings. The van der Waals surface area contributed by atoms with E-state index in [2.05, 4.69) is 27.0 Å². The molecule has 1 spiro atoms. The smallest absolute Gasteiger partial charge is 0.118 e. The zero-order chi connectivity index (χ0) is 17.0. The Morgan fingerprint density at radius 1 is 1.32 bits per heavy atom. The predicted octanol–water partition coefficient (Wildman–Crippen LogP) is 3.13. The molecule has 2 aromatic rings. The summed E-state index contributed by atoms with van der Waals surface area (Å²) in [5.74, 6) is 0.479. The lowest BCUT2D eigenvalue weighted by Crippen LogP contribution is -2.54. The quantitative estimate of drug-likeness (QED) is 0.793. The number of hydrogen-bond donors (Lipinski definition) is 0. The summed E-state index contributed by atoms with van der Waals surface area (Å²) in [6.07, 6.45) is 9.15. The molecule has 2 atom stereocenters. The zero-order valence-electron chi connectivity index (χ0n) is 14.5. The molecular weight excluding hydrogens is 334 g/mol. The molecule has 1 saturated carbocycles. The molecule has 0 bridgehead atoms. The van der Waals surface area contributed by atoms with Crippen molar-refractivity contribution >= 4 is 11.3 Å². The molecule has 4 rings (SSSR count). The number of morpholine rings is 1. The van der Waals surface area contributed by atoms with Crippen molar-refractivity contribution in [2.24, 2.45) is 5.92 Å². The van der Waals surface area contributed by atoms with Gasteiger partial charge in [0.05, 0.1) is 25.4 Å².